The van der Waals surface area contributed by atoms with Crippen LogP contribution in [-0.4, -0.2) is 23.8 Å². The molecule has 0 N–H and O–H groups in total. The number of carbonyl (C=O) groups excluding carboxylic acids is 1. The van der Waals surface area contributed by atoms with Gasteiger partial charge in [-0.1, -0.05) is 18.5 Å². The van der Waals surface area contributed by atoms with Crippen molar-refractivity contribution in [3.8, 4) is 0 Å². The van der Waals surface area contributed by atoms with Gasteiger partial charge in [-0.15, -0.1) is 11.3 Å². The van der Waals surface area contributed by atoms with Crippen LogP contribution in [0.25, 0.3) is 0 Å². The maximum atomic E-state index is 11.4. The fraction of sp³-hybridized carbons (Fsp3) is 0.545. The van der Waals surface area contributed by atoms with Crippen LogP contribution in [0.2, 0.25) is 4.34 Å². The lowest BCUT2D eigenvalue weighted by Gasteiger charge is -2.29. The molecule has 2 nitrogen and oxygen atoms in total. The summed E-state index contributed by atoms with van der Waals surface area (Å²) in [6.07, 6.45) is 0.693. The first kappa shape index (κ1) is 11.1. The molecule has 1 unspecified atom stereocenters. The summed E-state index contributed by atoms with van der Waals surface area (Å²) in [6.45, 7) is 4.69. The molecule has 2 rings (SSSR count). The third kappa shape index (κ3) is 2.80. The van der Waals surface area contributed by atoms with Crippen molar-refractivity contribution in [2.45, 2.75) is 19.9 Å². The Morgan fingerprint density at radius 1 is 1.67 bits per heavy atom. The fourth-order valence-corrected chi connectivity index (χ4v) is 2.83. The van der Waals surface area contributed by atoms with E-state index in [0.717, 1.165) is 24.0 Å². The van der Waals surface area contributed by atoms with Crippen molar-refractivity contribution in [3.63, 3.8) is 0 Å². The van der Waals surface area contributed by atoms with Crippen molar-refractivity contribution in [1.29, 1.82) is 0 Å². The predicted octanol–water partition coefficient (Wildman–Crippen LogP) is 2.81. The Morgan fingerprint density at radius 2 is 2.47 bits per heavy atom. The number of thiophene rings is 1. The van der Waals surface area contributed by atoms with Gasteiger partial charge in [0.25, 0.3) is 0 Å². The first-order valence-corrected chi connectivity index (χ1v) is 6.39. The van der Waals surface area contributed by atoms with E-state index in [9.17, 15) is 4.79 Å². The molecule has 0 bridgehead atoms. The third-order valence-corrected chi connectivity index (χ3v) is 3.92. The van der Waals surface area contributed by atoms with Crippen molar-refractivity contribution in [2.24, 2.45) is 5.92 Å². The van der Waals surface area contributed by atoms with Crippen molar-refractivity contribution >= 4 is 28.7 Å². The number of Topliss-reactive ketones (excluding diaryl/α,β-unsaturated/α-hetero) is 1. The number of ketones is 1. The van der Waals surface area contributed by atoms with E-state index >= 15 is 0 Å². The second-order valence-corrected chi connectivity index (χ2v) is 5.65. The molecule has 0 amide bonds. The number of nitrogens with zero attached hydrogens (tertiary/aromatic N) is 1. The highest BCUT2D eigenvalue weighted by atomic mass is 35.5. The number of likely N-dealkylation sites (tertiary alicyclic amines) is 1. The van der Waals surface area contributed by atoms with Crippen LogP contribution in [0.3, 0.4) is 0 Å². The number of carbonyl (C=O) groups is 1. The number of hydrogen-bond donors (Lipinski definition) is 0. The molecule has 1 aromatic rings. The molecule has 1 aromatic heterocycles. The molecule has 1 aliphatic heterocycles. The van der Waals surface area contributed by atoms with Crippen molar-refractivity contribution in [2.75, 3.05) is 13.1 Å². The average molecular weight is 244 g/mol. The van der Waals surface area contributed by atoms with Gasteiger partial charge in [-0.25, -0.2) is 0 Å². The van der Waals surface area contributed by atoms with Crippen LogP contribution in [0.15, 0.2) is 11.4 Å². The highest BCUT2D eigenvalue weighted by Crippen LogP contribution is 2.22. The first-order valence-electron chi connectivity index (χ1n) is 5.13. The molecule has 0 aliphatic carbocycles. The molecule has 82 valence electrons. The number of piperidine rings is 1. The van der Waals surface area contributed by atoms with Crippen LogP contribution >= 0.6 is 22.9 Å². The minimum atomic E-state index is 0.188. The summed E-state index contributed by atoms with van der Waals surface area (Å²) in [5, 5.41) is 2.09. The molecule has 0 aromatic carbocycles. The predicted molar refractivity (Wildman–Crippen MR) is 63.4 cm³/mol. The summed E-state index contributed by atoms with van der Waals surface area (Å²) >= 11 is 7.44. The summed E-state index contributed by atoms with van der Waals surface area (Å²) in [7, 11) is 0. The molecule has 1 atom stereocenters. The van der Waals surface area contributed by atoms with Gasteiger partial charge in [-0.2, -0.15) is 0 Å². The molecule has 1 aliphatic rings. The molecule has 1 fully saturated rings. The quantitative estimate of drug-likeness (QED) is 0.796. The van der Waals surface area contributed by atoms with Crippen LogP contribution in [0.1, 0.15) is 18.9 Å². The van der Waals surface area contributed by atoms with Gasteiger partial charge >= 0.3 is 0 Å². The Bertz CT molecular complexity index is 363. The Labute approximate surface area is 98.8 Å². The van der Waals surface area contributed by atoms with E-state index in [-0.39, 0.29) is 5.92 Å². The fourth-order valence-electron chi connectivity index (χ4n) is 1.93. The minimum absolute atomic E-state index is 0.188. The zero-order valence-corrected chi connectivity index (χ0v) is 10.3. The summed E-state index contributed by atoms with van der Waals surface area (Å²) in [5.41, 5.74) is 1.26. The van der Waals surface area contributed by atoms with Crippen LogP contribution in [-0.2, 0) is 11.3 Å². The maximum Gasteiger partial charge on any atom is 0.138 e. The van der Waals surface area contributed by atoms with Gasteiger partial charge in [0.05, 0.1) is 4.34 Å². The molecule has 4 heteroatoms. The number of halogens is 1. The van der Waals surface area contributed by atoms with E-state index in [1.165, 1.54) is 5.56 Å². The lowest BCUT2D eigenvalue weighted by atomic mass is 9.98. The van der Waals surface area contributed by atoms with Crippen LogP contribution < -0.4 is 0 Å². The van der Waals surface area contributed by atoms with Gasteiger partial charge in [0.15, 0.2) is 0 Å². The highest BCUT2D eigenvalue weighted by molar-refractivity contribution is 7.14. The molecule has 15 heavy (non-hydrogen) atoms. The largest absolute Gasteiger partial charge is 0.299 e. The van der Waals surface area contributed by atoms with Crippen molar-refractivity contribution in [1.82, 2.24) is 4.90 Å². The zero-order chi connectivity index (χ0) is 10.8. The van der Waals surface area contributed by atoms with Gasteiger partial charge in [0, 0.05) is 32.0 Å². The van der Waals surface area contributed by atoms with Crippen LogP contribution in [0, 0.1) is 5.92 Å². The second-order valence-electron chi connectivity index (χ2n) is 4.11. The smallest absolute Gasteiger partial charge is 0.138 e. The lowest BCUT2D eigenvalue weighted by Crippen LogP contribution is -2.38. The lowest BCUT2D eigenvalue weighted by molar-refractivity contribution is -0.125. The Hall–Kier alpha value is -0.380. The van der Waals surface area contributed by atoms with Crippen molar-refractivity contribution < 1.29 is 4.79 Å². The topological polar surface area (TPSA) is 20.3 Å². The summed E-state index contributed by atoms with van der Waals surface area (Å²) in [4.78, 5) is 13.7. The molecule has 0 saturated carbocycles. The number of hydrogen-bond acceptors (Lipinski definition) is 3. The Kier molecular flexibility index (Phi) is 3.44. The normalized spacial score (nSPS) is 23.3. The van der Waals surface area contributed by atoms with E-state index in [1.807, 2.05) is 13.0 Å². The summed E-state index contributed by atoms with van der Waals surface area (Å²) in [5.74, 6) is 0.586. The third-order valence-electron chi connectivity index (χ3n) is 2.78. The van der Waals surface area contributed by atoms with Gasteiger partial charge in [-0.3, -0.25) is 9.69 Å². The second kappa shape index (κ2) is 4.64. The monoisotopic (exact) mass is 243 g/mol. The Morgan fingerprint density at radius 3 is 3.07 bits per heavy atom. The van der Waals surface area contributed by atoms with Gasteiger partial charge in [-0.05, 0) is 17.0 Å². The molecule has 2 heterocycles. The van der Waals surface area contributed by atoms with E-state index in [4.69, 9.17) is 11.6 Å². The number of rotatable bonds is 2. The molecule has 0 radical (unpaired) electrons. The van der Waals surface area contributed by atoms with Crippen molar-refractivity contribution in [3.05, 3.63) is 21.3 Å². The molecular weight excluding hydrogens is 230 g/mol. The van der Waals surface area contributed by atoms with Gasteiger partial charge in [0.2, 0.25) is 0 Å². The average Bonchev–Trinajstić information content (AvgIpc) is 2.58. The highest BCUT2D eigenvalue weighted by Gasteiger charge is 2.23. The summed E-state index contributed by atoms with van der Waals surface area (Å²) in [6, 6.07) is 2.01. The minimum Gasteiger partial charge on any atom is -0.299 e. The SMILES string of the molecule is CC1CN(Cc2csc(Cl)c2)CCC1=O. The Balaban J connectivity index is 1.93. The van der Waals surface area contributed by atoms with E-state index in [2.05, 4.69) is 10.3 Å². The first-order chi connectivity index (χ1) is 7.15. The van der Waals surface area contributed by atoms with Gasteiger partial charge in [0.1, 0.15) is 5.78 Å². The molecule has 0 spiro atoms. The van der Waals surface area contributed by atoms with Gasteiger partial charge < -0.3 is 0 Å². The van der Waals surface area contributed by atoms with E-state index in [0.29, 0.717) is 12.2 Å². The van der Waals surface area contributed by atoms with Crippen LogP contribution in [0.5, 0.6) is 0 Å². The molecule has 1 saturated heterocycles. The molecular formula is C11H14ClNOS. The zero-order valence-electron chi connectivity index (χ0n) is 8.70. The van der Waals surface area contributed by atoms with Crippen LogP contribution in [0.4, 0.5) is 0 Å². The summed E-state index contributed by atoms with van der Waals surface area (Å²) < 4.78 is 0.839. The van der Waals surface area contributed by atoms with E-state index < -0.39 is 0 Å². The standard InChI is InChI=1S/C11H14ClNOS/c1-8-5-13(3-2-10(8)14)6-9-4-11(12)15-7-9/h4,7-8H,2-3,5-6H2,1H3. The maximum absolute atomic E-state index is 11.4. The van der Waals surface area contributed by atoms with E-state index in [1.54, 1.807) is 11.3 Å².